The summed E-state index contributed by atoms with van der Waals surface area (Å²) in [5.41, 5.74) is 5.13. The Hall–Kier alpha value is -1.36. The number of fused-ring (bicyclic) bond motifs is 3. The molecule has 0 saturated carbocycles. The molecule has 0 bridgehead atoms. The Labute approximate surface area is 147 Å². The largest absolute Gasteiger partial charge is 0.394 e. The van der Waals surface area contributed by atoms with Crippen molar-refractivity contribution in [2.75, 3.05) is 11.9 Å². The van der Waals surface area contributed by atoms with E-state index in [2.05, 4.69) is 54.2 Å². The Morgan fingerprint density at radius 1 is 1.29 bits per heavy atom. The van der Waals surface area contributed by atoms with Crippen molar-refractivity contribution < 1.29 is 9.84 Å². The van der Waals surface area contributed by atoms with Crippen LogP contribution in [0.25, 0.3) is 0 Å². The van der Waals surface area contributed by atoms with Gasteiger partial charge in [0.2, 0.25) is 0 Å². The number of rotatable bonds is 3. The zero-order valence-corrected chi connectivity index (χ0v) is 15.1. The van der Waals surface area contributed by atoms with E-state index in [0.717, 1.165) is 12.8 Å². The predicted molar refractivity (Wildman–Crippen MR) is 98.6 cm³/mol. The molecule has 128 valence electrons. The van der Waals surface area contributed by atoms with E-state index in [1.165, 1.54) is 22.4 Å². The van der Waals surface area contributed by atoms with E-state index in [1.54, 1.807) is 11.3 Å². The minimum Gasteiger partial charge on any atom is -0.394 e. The molecule has 1 aromatic heterocycles. The SMILES string of the molecule is CC(C)c1ccc2c(c1)C1OC(CO)CCC1[C@H](c1ccsc1)N2. The molecule has 2 aromatic rings. The van der Waals surface area contributed by atoms with Gasteiger partial charge in [-0.25, -0.2) is 0 Å². The van der Waals surface area contributed by atoms with E-state index in [1.807, 2.05) is 0 Å². The van der Waals surface area contributed by atoms with Gasteiger partial charge in [-0.15, -0.1) is 0 Å². The minimum absolute atomic E-state index is 0.0389. The third kappa shape index (κ3) is 2.77. The molecule has 3 heterocycles. The first-order valence-corrected chi connectivity index (χ1v) is 9.80. The summed E-state index contributed by atoms with van der Waals surface area (Å²) in [5, 5.41) is 17.7. The number of aliphatic hydroxyl groups excluding tert-OH is 1. The van der Waals surface area contributed by atoms with Crippen LogP contribution in [-0.4, -0.2) is 17.8 Å². The Bertz CT molecular complexity index is 698. The number of nitrogens with one attached hydrogen (secondary N) is 1. The maximum Gasteiger partial charge on any atom is 0.0900 e. The molecule has 0 aliphatic carbocycles. The molecule has 4 rings (SSSR count). The maximum absolute atomic E-state index is 9.58. The standard InChI is InChI=1S/C20H25NO2S/c1-12(2)13-3-6-18-17(9-13)20-16(5-4-15(10-22)23-20)19(21-18)14-7-8-24-11-14/h3,6-9,11-12,15-16,19-22H,4-5,10H2,1-2H3/t15?,16?,19-,20?/m0/s1. The lowest BCUT2D eigenvalue weighted by Gasteiger charge is -2.45. The molecule has 4 atom stereocenters. The lowest BCUT2D eigenvalue weighted by atomic mass is 9.76. The van der Waals surface area contributed by atoms with E-state index in [0.29, 0.717) is 17.9 Å². The fourth-order valence-corrected chi connectivity index (χ4v) is 4.75. The molecule has 1 fully saturated rings. The quantitative estimate of drug-likeness (QED) is 0.835. The Morgan fingerprint density at radius 2 is 2.17 bits per heavy atom. The maximum atomic E-state index is 9.58. The highest BCUT2D eigenvalue weighted by atomic mass is 32.1. The van der Waals surface area contributed by atoms with Gasteiger partial charge in [-0.2, -0.15) is 11.3 Å². The van der Waals surface area contributed by atoms with Crippen molar-refractivity contribution in [3.63, 3.8) is 0 Å². The zero-order valence-electron chi connectivity index (χ0n) is 14.2. The number of thiophene rings is 1. The third-order valence-electron chi connectivity index (χ3n) is 5.44. The number of ether oxygens (including phenoxy) is 1. The lowest BCUT2D eigenvalue weighted by molar-refractivity contribution is -0.110. The molecule has 0 spiro atoms. The van der Waals surface area contributed by atoms with Gasteiger partial charge >= 0.3 is 0 Å². The smallest absolute Gasteiger partial charge is 0.0900 e. The average molecular weight is 343 g/mol. The monoisotopic (exact) mass is 343 g/mol. The van der Waals surface area contributed by atoms with Crippen molar-refractivity contribution in [2.45, 2.75) is 50.9 Å². The van der Waals surface area contributed by atoms with Crippen LogP contribution in [0, 0.1) is 5.92 Å². The number of hydrogen-bond donors (Lipinski definition) is 2. The topological polar surface area (TPSA) is 41.5 Å². The van der Waals surface area contributed by atoms with Gasteiger partial charge in [0.15, 0.2) is 0 Å². The molecular weight excluding hydrogens is 318 g/mol. The highest BCUT2D eigenvalue weighted by Crippen LogP contribution is 2.50. The number of anilines is 1. The summed E-state index contributed by atoms with van der Waals surface area (Å²) < 4.78 is 6.34. The highest BCUT2D eigenvalue weighted by molar-refractivity contribution is 7.08. The first kappa shape index (κ1) is 16.1. The van der Waals surface area contributed by atoms with Crippen LogP contribution in [0.2, 0.25) is 0 Å². The van der Waals surface area contributed by atoms with Crippen molar-refractivity contribution in [2.24, 2.45) is 5.92 Å². The zero-order chi connectivity index (χ0) is 16.7. The van der Waals surface area contributed by atoms with Gasteiger partial charge in [-0.3, -0.25) is 0 Å². The fraction of sp³-hybridized carbons (Fsp3) is 0.500. The van der Waals surface area contributed by atoms with Gasteiger partial charge in [0.05, 0.1) is 24.9 Å². The molecule has 3 unspecified atom stereocenters. The van der Waals surface area contributed by atoms with E-state index in [9.17, 15) is 5.11 Å². The van der Waals surface area contributed by atoms with Crippen LogP contribution in [0.1, 0.15) is 61.4 Å². The summed E-state index contributed by atoms with van der Waals surface area (Å²) in [4.78, 5) is 0. The average Bonchev–Trinajstić information content (AvgIpc) is 3.14. The fourth-order valence-electron chi connectivity index (χ4n) is 4.05. The molecule has 3 nitrogen and oxygen atoms in total. The summed E-state index contributed by atoms with van der Waals surface area (Å²) >= 11 is 1.74. The second-order valence-corrected chi connectivity index (χ2v) is 8.06. The Morgan fingerprint density at radius 3 is 2.88 bits per heavy atom. The van der Waals surface area contributed by atoms with E-state index in [4.69, 9.17) is 4.74 Å². The first-order chi connectivity index (χ1) is 11.7. The summed E-state index contributed by atoms with van der Waals surface area (Å²) in [6, 6.07) is 9.22. The number of aliphatic hydroxyl groups is 1. The normalized spacial score (nSPS) is 29.0. The number of benzene rings is 1. The van der Waals surface area contributed by atoms with E-state index >= 15 is 0 Å². The molecule has 0 amide bonds. The molecule has 24 heavy (non-hydrogen) atoms. The van der Waals surface area contributed by atoms with Gasteiger partial charge in [0.1, 0.15) is 0 Å². The third-order valence-corrected chi connectivity index (χ3v) is 6.15. The lowest BCUT2D eigenvalue weighted by Crippen LogP contribution is -2.39. The van der Waals surface area contributed by atoms with Crippen molar-refractivity contribution in [1.29, 1.82) is 0 Å². The molecule has 0 radical (unpaired) electrons. The summed E-state index contributed by atoms with van der Waals surface area (Å²) in [7, 11) is 0. The van der Waals surface area contributed by atoms with Crippen molar-refractivity contribution >= 4 is 17.0 Å². The van der Waals surface area contributed by atoms with Crippen LogP contribution >= 0.6 is 11.3 Å². The summed E-state index contributed by atoms with van der Waals surface area (Å²) in [6.07, 6.45) is 2.03. The molecule has 2 N–H and O–H groups in total. The van der Waals surface area contributed by atoms with Crippen LogP contribution in [0.3, 0.4) is 0 Å². The minimum atomic E-state index is -0.0389. The number of hydrogen-bond acceptors (Lipinski definition) is 4. The van der Waals surface area contributed by atoms with Crippen LogP contribution in [0.5, 0.6) is 0 Å². The van der Waals surface area contributed by atoms with E-state index < -0.39 is 0 Å². The van der Waals surface area contributed by atoms with Gasteiger partial charge in [-0.1, -0.05) is 26.0 Å². The van der Waals surface area contributed by atoms with Crippen LogP contribution in [-0.2, 0) is 4.74 Å². The first-order valence-electron chi connectivity index (χ1n) is 8.86. The van der Waals surface area contributed by atoms with Crippen LogP contribution in [0.4, 0.5) is 5.69 Å². The van der Waals surface area contributed by atoms with Crippen molar-refractivity contribution in [3.8, 4) is 0 Å². The van der Waals surface area contributed by atoms with Crippen molar-refractivity contribution in [3.05, 3.63) is 51.7 Å². The van der Waals surface area contributed by atoms with Gasteiger partial charge in [0, 0.05) is 17.2 Å². The molecular formula is C20H25NO2S. The van der Waals surface area contributed by atoms with Crippen LogP contribution < -0.4 is 5.32 Å². The van der Waals surface area contributed by atoms with Gasteiger partial charge in [-0.05, 0) is 52.8 Å². The van der Waals surface area contributed by atoms with Crippen molar-refractivity contribution in [1.82, 2.24) is 0 Å². The molecule has 1 saturated heterocycles. The second kappa shape index (κ2) is 6.51. The van der Waals surface area contributed by atoms with Gasteiger partial charge in [0.25, 0.3) is 0 Å². The predicted octanol–water partition coefficient (Wildman–Crippen LogP) is 4.87. The van der Waals surface area contributed by atoms with Crippen LogP contribution in [0.15, 0.2) is 35.0 Å². The molecule has 2 aliphatic heterocycles. The summed E-state index contributed by atoms with van der Waals surface area (Å²) in [6.45, 7) is 4.56. The second-order valence-electron chi connectivity index (χ2n) is 7.28. The Balaban J connectivity index is 1.76. The summed E-state index contributed by atoms with van der Waals surface area (Å²) in [5.74, 6) is 0.915. The molecule has 1 aromatic carbocycles. The molecule has 2 aliphatic rings. The Kier molecular flexibility index (Phi) is 4.37. The van der Waals surface area contributed by atoms with E-state index in [-0.39, 0.29) is 18.8 Å². The molecule has 4 heteroatoms. The van der Waals surface area contributed by atoms with Gasteiger partial charge < -0.3 is 15.2 Å². The highest BCUT2D eigenvalue weighted by Gasteiger charge is 2.42.